The molecular formula is C20H17F2N5O2. The molecule has 0 radical (unpaired) electrons. The zero-order valence-electron chi connectivity index (χ0n) is 15.3. The van der Waals surface area contributed by atoms with Gasteiger partial charge in [-0.25, -0.2) is 13.5 Å². The third-order valence-electron chi connectivity index (χ3n) is 4.41. The molecule has 0 aliphatic heterocycles. The number of aliphatic hydroxyl groups excluding tert-OH is 1. The summed E-state index contributed by atoms with van der Waals surface area (Å²) in [5.41, 5.74) is 6.21. The first-order chi connectivity index (χ1) is 13.8. The molecular weight excluding hydrogens is 380 g/mol. The quantitative estimate of drug-likeness (QED) is 0.611. The van der Waals surface area contributed by atoms with Crippen molar-refractivity contribution >= 4 is 11.7 Å². The average molecular weight is 397 g/mol. The van der Waals surface area contributed by atoms with Crippen molar-refractivity contribution in [1.29, 1.82) is 5.26 Å². The monoisotopic (exact) mass is 397 g/mol. The summed E-state index contributed by atoms with van der Waals surface area (Å²) in [6.45, 7) is 1.43. The van der Waals surface area contributed by atoms with Crippen LogP contribution in [0.3, 0.4) is 0 Å². The van der Waals surface area contributed by atoms with E-state index in [0.717, 1.165) is 12.1 Å². The predicted molar refractivity (Wildman–Crippen MR) is 101 cm³/mol. The Hall–Kier alpha value is -3.77. The molecule has 1 aromatic heterocycles. The molecule has 0 aliphatic rings. The number of rotatable bonds is 5. The number of amides is 1. The summed E-state index contributed by atoms with van der Waals surface area (Å²) in [5.74, 6) is -2.24. The first-order valence-corrected chi connectivity index (χ1v) is 8.60. The lowest BCUT2D eigenvalue weighted by Gasteiger charge is -2.21. The summed E-state index contributed by atoms with van der Waals surface area (Å²) in [6, 6.07) is 10.4. The van der Waals surface area contributed by atoms with E-state index in [1.54, 1.807) is 12.1 Å². The summed E-state index contributed by atoms with van der Waals surface area (Å²) in [7, 11) is 0. The highest BCUT2D eigenvalue weighted by molar-refractivity contribution is 5.95. The van der Waals surface area contributed by atoms with Gasteiger partial charge in [-0.3, -0.25) is 4.79 Å². The lowest BCUT2D eigenvalue weighted by molar-refractivity contribution is 0.0839. The lowest BCUT2D eigenvalue weighted by atomic mass is 10.0. The summed E-state index contributed by atoms with van der Waals surface area (Å²) in [6.07, 6.45) is -0.271. The van der Waals surface area contributed by atoms with Gasteiger partial charge in [-0.2, -0.15) is 10.4 Å². The standard InChI is InChI=1S/C20H17F2N5O2/c1-11(18(28)17-15(21)6-3-7-16(17)22)26-20(29)12-4-2-5-14(8-12)27-19(24)13(9-23)10-25-27/h2-8,10-11,18,28H,24H2,1H3,(H,26,29). The molecule has 2 atom stereocenters. The number of hydrogen-bond donors (Lipinski definition) is 3. The van der Waals surface area contributed by atoms with Crippen LogP contribution in [0.25, 0.3) is 5.69 Å². The Bertz CT molecular complexity index is 1090. The van der Waals surface area contributed by atoms with Gasteiger partial charge in [-0.15, -0.1) is 0 Å². The minimum atomic E-state index is -1.58. The molecule has 9 heteroatoms. The Morgan fingerprint density at radius 3 is 2.55 bits per heavy atom. The molecule has 0 spiro atoms. The van der Waals surface area contributed by atoms with E-state index in [9.17, 15) is 18.7 Å². The maximum Gasteiger partial charge on any atom is 0.251 e. The number of halogens is 2. The van der Waals surface area contributed by atoms with Crippen LogP contribution in [0.4, 0.5) is 14.6 Å². The molecule has 29 heavy (non-hydrogen) atoms. The van der Waals surface area contributed by atoms with Crippen molar-refractivity contribution in [3.05, 3.63) is 77.0 Å². The summed E-state index contributed by atoms with van der Waals surface area (Å²) >= 11 is 0. The van der Waals surface area contributed by atoms with E-state index >= 15 is 0 Å². The van der Waals surface area contributed by atoms with E-state index in [2.05, 4.69) is 10.4 Å². The van der Waals surface area contributed by atoms with Crippen molar-refractivity contribution in [3.8, 4) is 11.8 Å². The predicted octanol–water partition coefficient (Wildman–Crippen LogP) is 2.46. The number of nitrogens with two attached hydrogens (primary N) is 1. The Balaban J connectivity index is 1.81. The topological polar surface area (TPSA) is 117 Å². The van der Waals surface area contributed by atoms with Crippen molar-refractivity contribution in [1.82, 2.24) is 15.1 Å². The van der Waals surface area contributed by atoms with Gasteiger partial charge in [0.15, 0.2) is 0 Å². The maximum atomic E-state index is 13.9. The first-order valence-electron chi connectivity index (χ1n) is 8.60. The second kappa shape index (κ2) is 8.08. The molecule has 0 bridgehead atoms. The van der Waals surface area contributed by atoms with Crippen LogP contribution in [-0.4, -0.2) is 26.8 Å². The zero-order chi connectivity index (χ0) is 21.1. The van der Waals surface area contributed by atoms with Gasteiger partial charge in [0, 0.05) is 5.56 Å². The molecule has 1 amide bonds. The highest BCUT2D eigenvalue weighted by Crippen LogP contribution is 2.24. The summed E-state index contributed by atoms with van der Waals surface area (Å²) in [4.78, 5) is 12.6. The number of carbonyl (C=O) groups excluding carboxylic acids is 1. The van der Waals surface area contributed by atoms with Crippen LogP contribution in [-0.2, 0) is 0 Å². The zero-order valence-corrected chi connectivity index (χ0v) is 15.3. The molecule has 0 saturated carbocycles. The van der Waals surface area contributed by atoms with Crippen molar-refractivity contribution < 1.29 is 18.7 Å². The summed E-state index contributed by atoms with van der Waals surface area (Å²) in [5, 5.41) is 25.8. The van der Waals surface area contributed by atoms with Crippen molar-refractivity contribution in [2.24, 2.45) is 0 Å². The molecule has 2 unspecified atom stereocenters. The molecule has 7 nitrogen and oxygen atoms in total. The van der Waals surface area contributed by atoms with Gasteiger partial charge in [0.1, 0.15) is 35.2 Å². The smallest absolute Gasteiger partial charge is 0.251 e. The molecule has 148 valence electrons. The maximum absolute atomic E-state index is 13.9. The Morgan fingerprint density at radius 1 is 1.28 bits per heavy atom. The van der Waals surface area contributed by atoms with Crippen LogP contribution < -0.4 is 11.1 Å². The van der Waals surface area contributed by atoms with Crippen molar-refractivity contribution in [2.75, 3.05) is 5.73 Å². The molecule has 1 heterocycles. The van der Waals surface area contributed by atoms with Gasteiger partial charge >= 0.3 is 0 Å². The van der Waals surface area contributed by atoms with E-state index in [0.29, 0.717) is 5.69 Å². The number of anilines is 1. The SMILES string of the molecule is CC(NC(=O)c1cccc(-n2ncc(C#N)c2N)c1)C(O)c1c(F)cccc1F. The highest BCUT2D eigenvalue weighted by atomic mass is 19.1. The Kier molecular flexibility index (Phi) is 5.57. The van der Waals surface area contributed by atoms with E-state index in [4.69, 9.17) is 11.0 Å². The first kappa shape index (κ1) is 20.0. The molecule has 2 aromatic carbocycles. The fourth-order valence-electron chi connectivity index (χ4n) is 2.84. The summed E-state index contributed by atoms with van der Waals surface area (Å²) < 4.78 is 29.1. The average Bonchev–Trinajstić information content (AvgIpc) is 3.08. The van der Waals surface area contributed by atoms with Gasteiger partial charge in [0.05, 0.1) is 23.5 Å². The molecule has 0 saturated heterocycles. The second-order valence-electron chi connectivity index (χ2n) is 6.36. The van der Waals surface area contributed by atoms with E-state index < -0.39 is 35.3 Å². The Labute approximate surface area is 165 Å². The van der Waals surface area contributed by atoms with Crippen molar-refractivity contribution in [2.45, 2.75) is 19.1 Å². The lowest BCUT2D eigenvalue weighted by Crippen LogP contribution is -2.37. The second-order valence-corrected chi connectivity index (χ2v) is 6.36. The number of nitriles is 1. The fraction of sp³-hybridized carbons (Fsp3) is 0.150. The third-order valence-corrected chi connectivity index (χ3v) is 4.41. The van der Waals surface area contributed by atoms with Gasteiger partial charge in [-0.05, 0) is 37.3 Å². The molecule has 0 aliphatic carbocycles. The number of aliphatic hydroxyl groups is 1. The number of nitrogens with one attached hydrogen (secondary N) is 1. The fourth-order valence-corrected chi connectivity index (χ4v) is 2.84. The van der Waals surface area contributed by atoms with Crippen molar-refractivity contribution in [3.63, 3.8) is 0 Å². The normalized spacial score (nSPS) is 12.8. The third kappa shape index (κ3) is 3.93. The van der Waals surface area contributed by atoms with Gasteiger partial charge in [0.2, 0.25) is 0 Å². The van der Waals surface area contributed by atoms with Crippen LogP contribution >= 0.6 is 0 Å². The van der Waals surface area contributed by atoms with E-state index in [1.807, 2.05) is 6.07 Å². The minimum absolute atomic E-state index is 0.129. The van der Waals surface area contributed by atoms with Gasteiger partial charge in [0.25, 0.3) is 5.91 Å². The number of carbonyl (C=O) groups is 1. The van der Waals surface area contributed by atoms with Gasteiger partial charge in [-0.1, -0.05) is 12.1 Å². The molecule has 4 N–H and O–H groups in total. The number of nitrogens with zero attached hydrogens (tertiary/aromatic N) is 3. The number of benzene rings is 2. The number of aromatic nitrogens is 2. The number of hydrogen-bond acceptors (Lipinski definition) is 5. The van der Waals surface area contributed by atoms with Crippen LogP contribution in [0.2, 0.25) is 0 Å². The molecule has 0 fully saturated rings. The van der Waals surface area contributed by atoms with Crippen LogP contribution in [0.5, 0.6) is 0 Å². The minimum Gasteiger partial charge on any atom is -0.386 e. The molecule has 3 aromatic rings. The van der Waals surface area contributed by atoms with E-state index in [1.165, 1.54) is 36.0 Å². The van der Waals surface area contributed by atoms with Gasteiger partial charge < -0.3 is 16.2 Å². The highest BCUT2D eigenvalue weighted by Gasteiger charge is 2.25. The van der Waals surface area contributed by atoms with E-state index in [-0.39, 0.29) is 16.9 Å². The Morgan fingerprint density at radius 2 is 1.93 bits per heavy atom. The van der Waals surface area contributed by atoms with Crippen LogP contribution in [0, 0.1) is 23.0 Å². The van der Waals surface area contributed by atoms with Crippen LogP contribution in [0.15, 0.2) is 48.7 Å². The van der Waals surface area contributed by atoms with Crippen LogP contribution in [0.1, 0.15) is 34.5 Å². The largest absolute Gasteiger partial charge is 0.386 e. The molecule has 3 rings (SSSR count). The number of nitrogen functional groups attached to an aromatic ring is 1.